The van der Waals surface area contributed by atoms with Gasteiger partial charge in [-0.25, -0.2) is 16.8 Å². The number of halogens is 10. The number of rotatable bonds is 13. The number of nitrogens with one attached hydrogen (secondary N) is 1. The molecule has 0 saturated heterocycles. The summed E-state index contributed by atoms with van der Waals surface area (Å²) in [5.74, 6) is -0.0841. The van der Waals surface area contributed by atoms with Crippen LogP contribution in [0.4, 0.5) is 43.9 Å². The van der Waals surface area contributed by atoms with Gasteiger partial charge in [0.25, 0.3) is 0 Å². The van der Waals surface area contributed by atoms with E-state index in [0.29, 0.717) is 4.13 Å². The van der Waals surface area contributed by atoms with Gasteiger partial charge in [0.05, 0.1) is 19.6 Å². The van der Waals surface area contributed by atoms with Gasteiger partial charge in [-0.15, -0.1) is 0 Å². The molecule has 0 saturated carbocycles. The summed E-state index contributed by atoms with van der Waals surface area (Å²) < 4.78 is 162. The van der Waals surface area contributed by atoms with Gasteiger partial charge in [0.15, 0.2) is 20.0 Å². The van der Waals surface area contributed by atoms with E-state index >= 15 is 0 Å². The molecular formula is C21H27F10N3O5S2. The summed E-state index contributed by atoms with van der Waals surface area (Å²) in [6.45, 7) is 13.0. The molecule has 1 N–H and O–H groups in total. The second kappa shape index (κ2) is 14.1. The van der Waals surface area contributed by atoms with Crippen LogP contribution in [0.1, 0.15) is 25.8 Å². The molecular weight excluding hydrogens is 628 g/mol. The first kappa shape index (κ1) is 38.5. The predicted octanol–water partition coefficient (Wildman–Crippen LogP) is 5.07. The molecule has 0 spiro atoms. The van der Waals surface area contributed by atoms with E-state index in [1.165, 1.54) is 11.6 Å². The van der Waals surface area contributed by atoms with Gasteiger partial charge in [-0.3, -0.25) is 4.79 Å². The number of hydrogen-bond acceptors (Lipinski definition) is 5. The average molecular weight is 656 g/mol. The minimum Gasteiger partial charge on any atom is -0.425 e. The van der Waals surface area contributed by atoms with Crippen LogP contribution in [0.15, 0.2) is 43.0 Å². The fraction of sp³-hybridized carbons (Fsp3) is 0.571. The highest BCUT2D eigenvalue weighted by Crippen LogP contribution is 2.47. The number of amides is 1. The van der Waals surface area contributed by atoms with E-state index in [0.717, 1.165) is 43.6 Å². The largest absolute Gasteiger partial charge is 0.467 e. The Bertz CT molecular complexity index is 1160. The summed E-state index contributed by atoms with van der Waals surface area (Å²) in [6.07, 6.45) is -11.7. The van der Waals surface area contributed by atoms with E-state index in [4.69, 9.17) is 0 Å². The minimum absolute atomic E-state index is 0.0841. The lowest BCUT2D eigenvalue weighted by Crippen LogP contribution is -2.48. The fourth-order valence-corrected chi connectivity index (χ4v) is 5.39. The Labute approximate surface area is 230 Å². The number of hydrogen-bond donors (Lipinski definition) is 1. The van der Waals surface area contributed by atoms with Gasteiger partial charge in [0.2, 0.25) is 5.91 Å². The summed E-state index contributed by atoms with van der Waals surface area (Å²) in [7, 11) is -15.2. The van der Waals surface area contributed by atoms with E-state index in [9.17, 15) is 65.5 Å². The number of benzene rings is 1. The number of carbonyl (C=O) groups excluding carboxylic acids is 1. The van der Waals surface area contributed by atoms with Crippen molar-refractivity contribution in [1.29, 1.82) is 0 Å². The third-order valence-corrected chi connectivity index (χ3v) is 8.83. The molecule has 1 amide bonds. The molecule has 238 valence electrons. The third kappa shape index (κ3) is 10.1. The summed E-state index contributed by atoms with van der Waals surface area (Å²) in [6, 6.07) is 10.6. The maximum absolute atomic E-state index is 12.3. The van der Waals surface area contributed by atoms with Crippen molar-refractivity contribution in [2.75, 3.05) is 26.2 Å². The topological polar surface area (TPSA) is 111 Å². The Balaban J connectivity index is 0.000000781. The fourth-order valence-electron chi connectivity index (χ4n) is 3.03. The van der Waals surface area contributed by atoms with Crippen LogP contribution in [0, 0.1) is 0 Å². The van der Waals surface area contributed by atoms with Crippen LogP contribution in [0.3, 0.4) is 0 Å². The van der Waals surface area contributed by atoms with E-state index in [-0.39, 0.29) is 5.91 Å². The molecule has 41 heavy (non-hydrogen) atoms. The predicted molar refractivity (Wildman–Crippen MR) is 127 cm³/mol. The summed E-state index contributed by atoms with van der Waals surface area (Å²) in [5, 5.41) is -11.1. The molecule has 0 aliphatic carbocycles. The second-order valence-corrected chi connectivity index (χ2v) is 11.8. The highest BCUT2D eigenvalue weighted by Gasteiger charge is 2.68. The number of carbonyl (C=O) groups is 1. The maximum atomic E-state index is 12.3. The van der Waals surface area contributed by atoms with Gasteiger partial charge in [-0.05, 0) is 19.9 Å². The Morgan fingerprint density at radius 1 is 0.854 bits per heavy atom. The van der Waals surface area contributed by atoms with Crippen LogP contribution in [-0.2, 0) is 31.4 Å². The van der Waals surface area contributed by atoms with Gasteiger partial charge in [0, 0.05) is 18.5 Å². The number of nitrogens with zero attached hydrogens (tertiary/aromatic N) is 2. The molecule has 0 aromatic heterocycles. The molecule has 0 bridgehead atoms. The molecule has 20 heteroatoms. The Morgan fingerprint density at radius 2 is 1.27 bits per heavy atom. The van der Waals surface area contributed by atoms with Gasteiger partial charge in [-0.2, -0.15) is 43.9 Å². The van der Waals surface area contributed by atoms with E-state index in [2.05, 4.69) is 56.1 Å². The van der Waals surface area contributed by atoms with Gasteiger partial charge < -0.3 is 13.9 Å². The molecule has 0 aliphatic heterocycles. The zero-order valence-corrected chi connectivity index (χ0v) is 23.1. The smallest absolute Gasteiger partial charge is 0.425 e. The first-order valence-electron chi connectivity index (χ1n) is 11.3. The van der Waals surface area contributed by atoms with E-state index in [1.807, 2.05) is 0 Å². The van der Waals surface area contributed by atoms with Crippen molar-refractivity contribution >= 4 is 26.0 Å². The molecule has 0 radical (unpaired) electrons. The lowest BCUT2D eigenvalue weighted by atomic mass is 10.1. The Hall–Kier alpha value is -2.45. The quantitative estimate of drug-likeness (QED) is 0.138. The van der Waals surface area contributed by atoms with Crippen molar-refractivity contribution in [2.24, 2.45) is 0 Å². The van der Waals surface area contributed by atoms with Crippen LogP contribution in [0.2, 0.25) is 0 Å². The number of alkyl halides is 10. The van der Waals surface area contributed by atoms with E-state index < -0.39 is 42.9 Å². The van der Waals surface area contributed by atoms with Crippen molar-refractivity contribution in [3.05, 3.63) is 52.7 Å². The van der Waals surface area contributed by atoms with Gasteiger partial charge in [-0.1, -0.05) is 36.9 Å². The molecule has 8 nitrogen and oxygen atoms in total. The number of quaternary nitrogens is 1. The first-order chi connectivity index (χ1) is 18.4. The summed E-state index contributed by atoms with van der Waals surface area (Å²) in [5.41, 5.74) is 1.38. The standard InChI is InChI=1S/C17H26N2O.C4F10NO4S2/c1-4-17(20)18-13-10-14-19(5-2,6-3)15-16-11-8-7-9-12-16;5-1(6,7)3(11,12)20(16,17)15-21(18,19)4(13,14)2(8,9)10/h4,7-9,11-12H,1,5-6,10,13-15H2,2-3H3;/q;-1/p+1. The van der Waals surface area contributed by atoms with Crippen molar-refractivity contribution in [3.8, 4) is 0 Å². The zero-order valence-electron chi connectivity index (χ0n) is 21.4. The van der Waals surface area contributed by atoms with Crippen LogP contribution in [0.25, 0.3) is 4.13 Å². The molecule has 0 heterocycles. The number of sulfonamides is 2. The monoisotopic (exact) mass is 655 g/mol. The molecule has 0 atom stereocenters. The summed E-state index contributed by atoms with van der Waals surface area (Å²) in [4.78, 5) is 11.1. The van der Waals surface area contributed by atoms with Crippen molar-refractivity contribution in [3.63, 3.8) is 0 Å². The summed E-state index contributed by atoms with van der Waals surface area (Å²) >= 11 is 0. The minimum atomic E-state index is -7.62. The van der Waals surface area contributed by atoms with Gasteiger partial charge in [0.1, 0.15) is 6.54 Å². The lowest BCUT2D eigenvalue weighted by molar-refractivity contribution is -0.937. The van der Waals surface area contributed by atoms with Crippen molar-refractivity contribution < 1.29 is 70.0 Å². The highest BCUT2D eigenvalue weighted by atomic mass is 32.3. The second-order valence-electron chi connectivity index (χ2n) is 8.24. The third-order valence-electron chi connectivity index (χ3n) is 5.50. The highest BCUT2D eigenvalue weighted by molar-refractivity contribution is 8.13. The molecule has 0 fully saturated rings. The Kier molecular flexibility index (Phi) is 13.3. The molecule has 1 aromatic carbocycles. The average Bonchev–Trinajstić information content (AvgIpc) is 2.84. The van der Waals surface area contributed by atoms with Gasteiger partial charge >= 0.3 is 22.9 Å². The van der Waals surface area contributed by atoms with Crippen LogP contribution in [0.5, 0.6) is 0 Å². The lowest BCUT2D eigenvalue weighted by Gasteiger charge is -2.37. The normalized spacial score (nSPS) is 13.7. The molecule has 0 unspecified atom stereocenters. The van der Waals surface area contributed by atoms with E-state index in [1.54, 1.807) is 0 Å². The first-order valence-corrected chi connectivity index (χ1v) is 14.2. The molecule has 1 aromatic rings. The Morgan fingerprint density at radius 3 is 1.61 bits per heavy atom. The van der Waals surface area contributed by atoms with Crippen LogP contribution >= 0.6 is 0 Å². The maximum Gasteiger partial charge on any atom is 0.467 e. The molecule has 1 rings (SSSR count). The van der Waals surface area contributed by atoms with Crippen molar-refractivity contribution in [1.82, 2.24) is 5.32 Å². The SMILES string of the molecule is C=CC(=O)NCCC[N+](CC)(CC)Cc1ccccc1.O=S(=O)([N-]S(=O)(=O)C(F)(F)C(F)(F)F)C(F)(F)C(F)(F)F. The molecule has 0 aliphatic rings. The van der Waals surface area contributed by atoms with Crippen LogP contribution < -0.4 is 5.32 Å². The zero-order chi connectivity index (χ0) is 32.6. The van der Waals surface area contributed by atoms with Crippen LogP contribution in [-0.4, -0.2) is 76.3 Å². The van der Waals surface area contributed by atoms with Crippen molar-refractivity contribution in [2.45, 2.75) is 49.7 Å².